The zero-order chi connectivity index (χ0) is 15.1. The molecule has 0 aliphatic rings. The second kappa shape index (κ2) is 7.64. The first-order valence-electron chi connectivity index (χ1n) is 7.11. The molecular weight excluding hydrogens is 280 g/mol. The number of ether oxygens (including phenoxy) is 1. The van der Waals surface area contributed by atoms with Crippen LogP contribution in [0.15, 0.2) is 48.5 Å². The summed E-state index contributed by atoms with van der Waals surface area (Å²) in [5, 5.41) is 6.90. The molecule has 0 unspecified atom stereocenters. The van der Waals surface area contributed by atoms with Gasteiger partial charge in [0.05, 0.1) is 6.61 Å². The zero-order valence-corrected chi connectivity index (χ0v) is 13.2. The van der Waals surface area contributed by atoms with Gasteiger partial charge in [0.25, 0.3) is 0 Å². The Balaban J connectivity index is 1.91. The summed E-state index contributed by atoms with van der Waals surface area (Å²) in [4.78, 5) is 0. The predicted octanol–water partition coefficient (Wildman–Crippen LogP) is 4.46. The standard InChI is InChI=1S/C17H20N2OS/c1-3-13-5-7-14(8-6-13)18-17(21)19-15-9-11-16(12-10-15)20-4-2/h5-12H,3-4H2,1-2H3,(H2,18,19,21). The van der Waals surface area contributed by atoms with Crippen LogP contribution in [-0.2, 0) is 6.42 Å². The van der Waals surface area contributed by atoms with Crippen LogP contribution in [0.5, 0.6) is 5.75 Å². The molecule has 21 heavy (non-hydrogen) atoms. The van der Waals surface area contributed by atoms with Gasteiger partial charge in [-0.2, -0.15) is 0 Å². The molecule has 0 aromatic heterocycles. The highest BCUT2D eigenvalue weighted by atomic mass is 32.1. The lowest BCUT2D eigenvalue weighted by Crippen LogP contribution is -2.18. The summed E-state index contributed by atoms with van der Waals surface area (Å²) in [6, 6.07) is 16.0. The maximum Gasteiger partial charge on any atom is 0.175 e. The van der Waals surface area contributed by atoms with Gasteiger partial charge in [0.2, 0.25) is 0 Å². The van der Waals surface area contributed by atoms with E-state index in [2.05, 4.69) is 29.7 Å². The first-order chi connectivity index (χ1) is 10.2. The number of hydrogen-bond donors (Lipinski definition) is 2. The van der Waals surface area contributed by atoms with Gasteiger partial charge in [0.15, 0.2) is 5.11 Å². The minimum absolute atomic E-state index is 0.573. The van der Waals surface area contributed by atoms with Gasteiger partial charge in [-0.25, -0.2) is 0 Å². The van der Waals surface area contributed by atoms with Crippen molar-refractivity contribution < 1.29 is 4.74 Å². The molecule has 2 aromatic carbocycles. The molecule has 0 fully saturated rings. The van der Waals surface area contributed by atoms with Crippen LogP contribution in [0.25, 0.3) is 0 Å². The quantitative estimate of drug-likeness (QED) is 0.799. The van der Waals surface area contributed by atoms with E-state index in [0.29, 0.717) is 11.7 Å². The lowest BCUT2D eigenvalue weighted by molar-refractivity contribution is 0.340. The Morgan fingerprint density at radius 1 is 0.905 bits per heavy atom. The average Bonchev–Trinajstić information content (AvgIpc) is 2.50. The van der Waals surface area contributed by atoms with Crippen molar-refractivity contribution in [3.8, 4) is 5.75 Å². The third kappa shape index (κ3) is 4.76. The highest BCUT2D eigenvalue weighted by molar-refractivity contribution is 7.80. The molecule has 0 aliphatic carbocycles. The van der Waals surface area contributed by atoms with Crippen LogP contribution < -0.4 is 15.4 Å². The Hall–Kier alpha value is -2.07. The number of nitrogens with one attached hydrogen (secondary N) is 2. The monoisotopic (exact) mass is 300 g/mol. The Morgan fingerprint density at radius 3 is 1.90 bits per heavy atom. The van der Waals surface area contributed by atoms with Gasteiger partial charge < -0.3 is 15.4 Å². The summed E-state index contributed by atoms with van der Waals surface area (Å²) in [6.45, 7) is 4.77. The summed E-state index contributed by atoms with van der Waals surface area (Å²) in [5.41, 5.74) is 3.22. The van der Waals surface area contributed by atoms with Crippen molar-refractivity contribution in [2.45, 2.75) is 20.3 Å². The van der Waals surface area contributed by atoms with Crippen molar-refractivity contribution in [3.05, 3.63) is 54.1 Å². The van der Waals surface area contributed by atoms with Crippen molar-refractivity contribution in [1.82, 2.24) is 0 Å². The number of hydrogen-bond acceptors (Lipinski definition) is 2. The van der Waals surface area contributed by atoms with E-state index in [-0.39, 0.29) is 0 Å². The van der Waals surface area contributed by atoms with Gasteiger partial charge in [0, 0.05) is 11.4 Å². The Labute approximate surface area is 131 Å². The topological polar surface area (TPSA) is 33.3 Å². The minimum Gasteiger partial charge on any atom is -0.494 e. The van der Waals surface area contributed by atoms with Gasteiger partial charge >= 0.3 is 0 Å². The molecule has 0 saturated heterocycles. The molecule has 2 rings (SSSR count). The molecule has 2 aromatic rings. The number of benzene rings is 2. The molecule has 3 nitrogen and oxygen atoms in total. The molecule has 0 heterocycles. The van der Waals surface area contributed by atoms with Crippen LogP contribution in [0.1, 0.15) is 19.4 Å². The number of thiocarbonyl (C=S) groups is 1. The van der Waals surface area contributed by atoms with Crippen molar-refractivity contribution in [2.75, 3.05) is 17.2 Å². The summed E-state index contributed by atoms with van der Waals surface area (Å²) < 4.78 is 5.41. The lowest BCUT2D eigenvalue weighted by atomic mass is 10.1. The van der Waals surface area contributed by atoms with Crippen LogP contribution in [-0.4, -0.2) is 11.7 Å². The Bertz CT molecular complexity index is 579. The first kappa shape index (κ1) is 15.3. The van der Waals surface area contributed by atoms with Gasteiger partial charge in [-0.3, -0.25) is 0 Å². The van der Waals surface area contributed by atoms with E-state index in [4.69, 9.17) is 17.0 Å². The van der Waals surface area contributed by atoms with Crippen LogP contribution >= 0.6 is 12.2 Å². The van der Waals surface area contributed by atoms with Crippen LogP contribution in [0.4, 0.5) is 11.4 Å². The molecule has 4 heteroatoms. The maximum atomic E-state index is 5.41. The van der Waals surface area contributed by atoms with E-state index in [1.54, 1.807) is 0 Å². The highest BCUT2D eigenvalue weighted by Crippen LogP contribution is 2.16. The average molecular weight is 300 g/mol. The Morgan fingerprint density at radius 2 is 1.43 bits per heavy atom. The molecule has 2 N–H and O–H groups in total. The molecule has 0 aliphatic heterocycles. The highest BCUT2D eigenvalue weighted by Gasteiger charge is 2.00. The van der Waals surface area contributed by atoms with Gasteiger partial charge in [-0.05, 0) is 67.5 Å². The van der Waals surface area contributed by atoms with E-state index in [9.17, 15) is 0 Å². The van der Waals surface area contributed by atoms with Gasteiger partial charge in [0.1, 0.15) is 5.75 Å². The molecular formula is C17H20N2OS. The molecule has 0 atom stereocenters. The molecule has 0 spiro atoms. The van der Waals surface area contributed by atoms with Crippen molar-refractivity contribution >= 4 is 28.7 Å². The SMILES string of the molecule is CCOc1ccc(NC(=S)Nc2ccc(CC)cc2)cc1. The second-order valence-corrected chi connectivity index (χ2v) is 5.00. The lowest BCUT2D eigenvalue weighted by Gasteiger charge is -2.11. The van der Waals surface area contributed by atoms with E-state index in [0.717, 1.165) is 23.5 Å². The summed E-state index contributed by atoms with van der Waals surface area (Å²) in [7, 11) is 0. The van der Waals surface area contributed by atoms with Gasteiger partial charge in [-0.1, -0.05) is 19.1 Å². The van der Waals surface area contributed by atoms with Crippen molar-refractivity contribution in [1.29, 1.82) is 0 Å². The van der Waals surface area contributed by atoms with Crippen LogP contribution in [0.3, 0.4) is 0 Å². The maximum absolute atomic E-state index is 5.41. The van der Waals surface area contributed by atoms with Gasteiger partial charge in [-0.15, -0.1) is 0 Å². The third-order valence-electron chi connectivity index (χ3n) is 3.04. The zero-order valence-electron chi connectivity index (χ0n) is 12.3. The van der Waals surface area contributed by atoms with Crippen molar-refractivity contribution in [2.24, 2.45) is 0 Å². The largest absolute Gasteiger partial charge is 0.494 e. The normalized spacial score (nSPS) is 10.0. The molecule has 0 amide bonds. The second-order valence-electron chi connectivity index (χ2n) is 4.59. The smallest absolute Gasteiger partial charge is 0.175 e. The fourth-order valence-corrected chi connectivity index (χ4v) is 2.15. The molecule has 0 radical (unpaired) electrons. The fraction of sp³-hybridized carbons (Fsp3) is 0.235. The molecule has 0 bridgehead atoms. The number of anilines is 2. The third-order valence-corrected chi connectivity index (χ3v) is 3.25. The summed E-state index contributed by atoms with van der Waals surface area (Å²) in [5.74, 6) is 0.858. The van der Waals surface area contributed by atoms with Crippen molar-refractivity contribution in [3.63, 3.8) is 0 Å². The van der Waals surface area contributed by atoms with Crippen LogP contribution in [0.2, 0.25) is 0 Å². The minimum atomic E-state index is 0.573. The Kier molecular flexibility index (Phi) is 5.58. The number of rotatable bonds is 5. The summed E-state index contributed by atoms with van der Waals surface area (Å²) >= 11 is 5.31. The van der Waals surface area contributed by atoms with E-state index < -0.39 is 0 Å². The van der Waals surface area contributed by atoms with E-state index in [1.807, 2.05) is 43.3 Å². The first-order valence-corrected chi connectivity index (χ1v) is 7.52. The van der Waals surface area contributed by atoms with E-state index in [1.165, 1.54) is 5.56 Å². The number of aryl methyl sites for hydroxylation is 1. The molecule has 110 valence electrons. The summed E-state index contributed by atoms with van der Waals surface area (Å²) in [6.07, 6.45) is 1.04. The van der Waals surface area contributed by atoms with Crippen LogP contribution in [0, 0.1) is 0 Å². The predicted molar refractivity (Wildman–Crippen MR) is 93.3 cm³/mol. The van der Waals surface area contributed by atoms with E-state index >= 15 is 0 Å². The fourth-order valence-electron chi connectivity index (χ4n) is 1.92. The molecule has 0 saturated carbocycles.